The van der Waals surface area contributed by atoms with Crippen LogP contribution < -0.4 is 0 Å². The number of allylic oxidation sites excluding steroid dienone is 1. The van der Waals surface area contributed by atoms with E-state index in [-0.39, 0.29) is 0 Å². The third-order valence-corrected chi connectivity index (χ3v) is 3.79. The highest BCUT2D eigenvalue weighted by atomic mass is 14.8. The first-order valence-electron chi connectivity index (χ1n) is 8.07. The van der Waals surface area contributed by atoms with Gasteiger partial charge in [-0.25, -0.2) is 4.99 Å². The number of nitrogens with zero attached hydrogens (tertiary/aromatic N) is 2. The van der Waals surface area contributed by atoms with Gasteiger partial charge in [0.15, 0.2) is 0 Å². The van der Waals surface area contributed by atoms with Gasteiger partial charge in [-0.2, -0.15) is 0 Å². The summed E-state index contributed by atoms with van der Waals surface area (Å²) in [5.74, 6) is 0. The molecule has 0 aliphatic heterocycles. The molecule has 0 bridgehead atoms. The van der Waals surface area contributed by atoms with Crippen molar-refractivity contribution in [3.05, 3.63) is 101 Å². The van der Waals surface area contributed by atoms with Gasteiger partial charge in [-0.3, -0.25) is 4.98 Å². The van der Waals surface area contributed by atoms with Gasteiger partial charge < -0.3 is 0 Å². The Morgan fingerprint density at radius 1 is 0.917 bits per heavy atom. The van der Waals surface area contributed by atoms with E-state index < -0.39 is 0 Å². The van der Waals surface area contributed by atoms with E-state index in [4.69, 9.17) is 4.99 Å². The lowest BCUT2D eigenvalue weighted by Gasteiger charge is -2.08. The molecule has 24 heavy (non-hydrogen) atoms. The van der Waals surface area contributed by atoms with Crippen molar-refractivity contribution >= 4 is 17.5 Å². The Bertz CT molecular complexity index is 821. The average Bonchev–Trinajstić information content (AvgIpc) is 2.64. The maximum Gasteiger partial charge on any atom is 0.0826 e. The van der Waals surface area contributed by atoms with E-state index in [1.54, 1.807) is 0 Å². The Morgan fingerprint density at radius 2 is 1.50 bits per heavy atom. The maximum atomic E-state index is 4.90. The number of hydrogen-bond acceptors (Lipinski definition) is 2. The first-order valence-corrected chi connectivity index (χ1v) is 8.07. The number of hydrogen-bond donors (Lipinski definition) is 0. The predicted octanol–water partition coefficient (Wildman–Crippen LogP) is 5.59. The zero-order valence-corrected chi connectivity index (χ0v) is 14.0. The Kier molecular flexibility index (Phi) is 4.97. The van der Waals surface area contributed by atoms with Crippen LogP contribution in [0.1, 0.15) is 29.3 Å². The lowest BCUT2D eigenvalue weighted by atomic mass is 10.0. The van der Waals surface area contributed by atoms with Crippen LogP contribution in [0.2, 0.25) is 0 Å². The predicted molar refractivity (Wildman–Crippen MR) is 102 cm³/mol. The zero-order chi connectivity index (χ0) is 16.8. The highest BCUT2D eigenvalue weighted by molar-refractivity contribution is 6.13. The summed E-state index contributed by atoms with van der Waals surface area (Å²) in [4.78, 5) is 9.38. The van der Waals surface area contributed by atoms with Gasteiger partial charge in [0.1, 0.15) is 0 Å². The Balaban J connectivity index is 2.13. The van der Waals surface area contributed by atoms with Gasteiger partial charge in [0.25, 0.3) is 0 Å². The lowest BCUT2D eigenvalue weighted by Crippen LogP contribution is -2.02. The minimum Gasteiger partial charge on any atom is -0.259 e. The van der Waals surface area contributed by atoms with Crippen molar-refractivity contribution in [3.63, 3.8) is 0 Å². The molecule has 0 amide bonds. The minimum atomic E-state index is 0.858. The molecule has 0 aliphatic rings. The Hall–Kier alpha value is -3.00. The van der Waals surface area contributed by atoms with Crippen LogP contribution in [0.15, 0.2) is 84.0 Å². The first kappa shape index (κ1) is 15.9. The van der Waals surface area contributed by atoms with Crippen molar-refractivity contribution in [2.24, 2.45) is 4.99 Å². The van der Waals surface area contributed by atoms with E-state index in [1.807, 2.05) is 62.5 Å². The number of rotatable bonds is 4. The van der Waals surface area contributed by atoms with E-state index in [0.29, 0.717) is 0 Å². The normalized spacial score (nSPS) is 10.8. The van der Waals surface area contributed by atoms with E-state index in [9.17, 15) is 0 Å². The summed E-state index contributed by atoms with van der Waals surface area (Å²) in [5, 5.41) is 0. The number of aliphatic imine (C=N–C) groups is 1. The van der Waals surface area contributed by atoms with Crippen molar-refractivity contribution in [1.82, 2.24) is 4.98 Å². The van der Waals surface area contributed by atoms with E-state index >= 15 is 0 Å². The van der Waals surface area contributed by atoms with Gasteiger partial charge in [0.2, 0.25) is 0 Å². The van der Waals surface area contributed by atoms with Gasteiger partial charge in [0, 0.05) is 16.8 Å². The number of pyridine rings is 1. The molecule has 0 atom stereocenters. The van der Waals surface area contributed by atoms with Crippen molar-refractivity contribution in [3.8, 4) is 0 Å². The Labute approximate surface area is 143 Å². The van der Waals surface area contributed by atoms with Crippen LogP contribution in [-0.2, 0) is 0 Å². The molecule has 0 saturated carbocycles. The molecule has 118 valence electrons. The second-order valence-corrected chi connectivity index (χ2v) is 5.56. The number of aryl methyl sites for hydroxylation is 1. The summed E-state index contributed by atoms with van der Waals surface area (Å²) in [5.41, 5.74) is 6.10. The van der Waals surface area contributed by atoms with Crippen LogP contribution in [0.3, 0.4) is 0 Å². The summed E-state index contributed by atoms with van der Waals surface area (Å²) in [7, 11) is 0. The van der Waals surface area contributed by atoms with Crippen molar-refractivity contribution in [1.29, 1.82) is 0 Å². The highest BCUT2D eigenvalue weighted by Gasteiger charge is 2.07. The van der Waals surface area contributed by atoms with E-state index in [0.717, 1.165) is 33.8 Å². The fourth-order valence-corrected chi connectivity index (χ4v) is 2.56. The first-order chi connectivity index (χ1) is 11.8. The van der Waals surface area contributed by atoms with Crippen molar-refractivity contribution in [2.75, 3.05) is 0 Å². The minimum absolute atomic E-state index is 0.858. The number of benzene rings is 2. The van der Waals surface area contributed by atoms with Gasteiger partial charge in [-0.15, -0.1) is 0 Å². The molecule has 3 rings (SSSR count). The second-order valence-electron chi connectivity index (χ2n) is 5.56. The van der Waals surface area contributed by atoms with Crippen LogP contribution >= 0.6 is 0 Å². The summed E-state index contributed by atoms with van der Waals surface area (Å²) < 4.78 is 0. The zero-order valence-electron chi connectivity index (χ0n) is 14.0. The van der Waals surface area contributed by atoms with Crippen LogP contribution in [0.4, 0.5) is 5.69 Å². The number of aromatic nitrogens is 1. The molecule has 0 fully saturated rings. The van der Waals surface area contributed by atoms with Gasteiger partial charge >= 0.3 is 0 Å². The SMILES string of the molecule is C/C=C/c1cc(N=C(c2ccccc2)c2ccccc2)cnc1C. The molecule has 0 aliphatic carbocycles. The van der Waals surface area contributed by atoms with Crippen molar-refractivity contribution < 1.29 is 0 Å². The van der Waals surface area contributed by atoms with Gasteiger partial charge in [0.05, 0.1) is 17.6 Å². The molecule has 0 radical (unpaired) electrons. The third-order valence-electron chi connectivity index (χ3n) is 3.79. The van der Waals surface area contributed by atoms with Crippen LogP contribution in [0.25, 0.3) is 6.08 Å². The average molecular weight is 312 g/mol. The van der Waals surface area contributed by atoms with E-state index in [1.165, 1.54) is 0 Å². The molecule has 1 heterocycles. The van der Waals surface area contributed by atoms with Crippen LogP contribution in [0.5, 0.6) is 0 Å². The maximum absolute atomic E-state index is 4.90. The third kappa shape index (κ3) is 3.66. The molecule has 0 saturated heterocycles. The second kappa shape index (κ2) is 7.51. The fourth-order valence-electron chi connectivity index (χ4n) is 2.56. The summed E-state index contributed by atoms with van der Waals surface area (Å²) in [6.07, 6.45) is 5.91. The molecule has 0 N–H and O–H groups in total. The summed E-state index contributed by atoms with van der Waals surface area (Å²) in [6.45, 7) is 4.02. The Morgan fingerprint density at radius 3 is 2.04 bits per heavy atom. The van der Waals surface area contributed by atoms with E-state index in [2.05, 4.69) is 41.4 Å². The largest absolute Gasteiger partial charge is 0.259 e. The highest BCUT2D eigenvalue weighted by Crippen LogP contribution is 2.21. The molecule has 2 heteroatoms. The fraction of sp³-hybridized carbons (Fsp3) is 0.0909. The summed E-state index contributed by atoms with van der Waals surface area (Å²) in [6, 6.07) is 22.6. The topological polar surface area (TPSA) is 25.2 Å². The molecule has 2 nitrogen and oxygen atoms in total. The molecule has 1 aromatic heterocycles. The smallest absolute Gasteiger partial charge is 0.0826 e. The molecule has 0 spiro atoms. The molecule has 3 aromatic rings. The van der Waals surface area contributed by atoms with Gasteiger partial charge in [-0.1, -0.05) is 72.8 Å². The molecule has 2 aromatic carbocycles. The standard InChI is InChI=1S/C22H20N2/c1-3-10-20-15-21(16-23-17(20)2)24-22(18-11-6-4-7-12-18)19-13-8-5-9-14-19/h3-16H,1-2H3/b10-3+. The lowest BCUT2D eigenvalue weighted by molar-refractivity contribution is 1.18. The quantitative estimate of drug-likeness (QED) is 0.576. The summed E-state index contributed by atoms with van der Waals surface area (Å²) >= 11 is 0. The van der Waals surface area contributed by atoms with Crippen LogP contribution in [-0.4, -0.2) is 10.7 Å². The monoisotopic (exact) mass is 312 g/mol. The van der Waals surface area contributed by atoms with Crippen molar-refractivity contribution in [2.45, 2.75) is 13.8 Å². The molecular weight excluding hydrogens is 292 g/mol. The molecule has 0 unspecified atom stereocenters. The van der Waals surface area contributed by atoms with Gasteiger partial charge in [-0.05, 0) is 25.5 Å². The molecular formula is C22H20N2. The van der Waals surface area contributed by atoms with Crippen LogP contribution in [0, 0.1) is 6.92 Å².